The highest BCUT2D eigenvalue weighted by atomic mass is 16.5. The van der Waals surface area contributed by atoms with Crippen LogP contribution >= 0.6 is 0 Å². The van der Waals surface area contributed by atoms with Crippen molar-refractivity contribution in [1.29, 1.82) is 0 Å². The topological polar surface area (TPSA) is 34.2 Å². The first-order valence-electron chi connectivity index (χ1n) is 6.87. The molecule has 3 nitrogen and oxygen atoms in total. The summed E-state index contributed by atoms with van der Waals surface area (Å²) in [6, 6.07) is 8.65. The normalized spacial score (nSPS) is 12.2. The molecule has 0 saturated carbocycles. The fourth-order valence-corrected chi connectivity index (χ4v) is 2.48. The van der Waals surface area contributed by atoms with Crippen LogP contribution in [0.25, 0.3) is 0 Å². The van der Waals surface area contributed by atoms with Crippen molar-refractivity contribution >= 4 is 0 Å². The van der Waals surface area contributed by atoms with Gasteiger partial charge in [-0.1, -0.05) is 12.1 Å². The number of pyridine rings is 1. The minimum atomic E-state index is 0.228. The number of ether oxygens (including phenoxy) is 1. The molecule has 1 unspecified atom stereocenters. The summed E-state index contributed by atoms with van der Waals surface area (Å²) >= 11 is 0. The van der Waals surface area contributed by atoms with E-state index in [1.54, 1.807) is 7.11 Å². The summed E-state index contributed by atoms with van der Waals surface area (Å²) in [5.74, 6) is 0.985. The number of methoxy groups -OCH3 is 1. The minimum Gasteiger partial charge on any atom is -0.496 e. The number of aromatic nitrogens is 1. The third-order valence-corrected chi connectivity index (χ3v) is 3.82. The van der Waals surface area contributed by atoms with Crippen LogP contribution in [0.3, 0.4) is 0 Å². The van der Waals surface area contributed by atoms with E-state index < -0.39 is 0 Å². The highest BCUT2D eigenvalue weighted by Crippen LogP contribution is 2.32. The predicted molar refractivity (Wildman–Crippen MR) is 82.2 cm³/mol. The molecule has 1 aromatic heterocycles. The molecule has 1 aromatic carbocycles. The summed E-state index contributed by atoms with van der Waals surface area (Å²) in [5, 5.41) is 3.39. The molecule has 0 saturated heterocycles. The van der Waals surface area contributed by atoms with Crippen molar-refractivity contribution < 1.29 is 4.74 Å². The quantitative estimate of drug-likeness (QED) is 0.906. The zero-order valence-corrected chi connectivity index (χ0v) is 12.6. The Morgan fingerprint density at radius 1 is 1.15 bits per heavy atom. The van der Waals surface area contributed by atoms with Crippen LogP contribution in [0.2, 0.25) is 0 Å². The highest BCUT2D eigenvalue weighted by molar-refractivity contribution is 5.47. The van der Waals surface area contributed by atoms with Gasteiger partial charge in [-0.05, 0) is 56.1 Å². The van der Waals surface area contributed by atoms with Crippen LogP contribution < -0.4 is 10.1 Å². The Morgan fingerprint density at radius 3 is 2.45 bits per heavy atom. The molecule has 0 fully saturated rings. The highest BCUT2D eigenvalue weighted by Gasteiger charge is 2.17. The number of aryl methyl sites for hydroxylation is 1. The molecule has 0 spiro atoms. The van der Waals surface area contributed by atoms with Gasteiger partial charge in [0.2, 0.25) is 0 Å². The molecule has 0 radical (unpaired) electrons. The molecule has 1 N–H and O–H groups in total. The first-order chi connectivity index (χ1) is 9.67. The molecule has 1 atom stereocenters. The van der Waals surface area contributed by atoms with Crippen LogP contribution in [-0.4, -0.2) is 19.1 Å². The lowest BCUT2D eigenvalue weighted by Crippen LogP contribution is -2.20. The van der Waals surface area contributed by atoms with E-state index in [-0.39, 0.29) is 6.04 Å². The van der Waals surface area contributed by atoms with Gasteiger partial charge in [0.05, 0.1) is 7.11 Å². The van der Waals surface area contributed by atoms with Crippen LogP contribution in [0.15, 0.2) is 36.7 Å². The largest absolute Gasteiger partial charge is 0.496 e. The van der Waals surface area contributed by atoms with E-state index in [2.05, 4.69) is 48.4 Å². The maximum atomic E-state index is 5.63. The van der Waals surface area contributed by atoms with E-state index in [0.717, 1.165) is 12.2 Å². The number of likely N-dealkylation sites (N-methyl/N-ethyl adjacent to an activating group) is 1. The summed E-state index contributed by atoms with van der Waals surface area (Å²) in [4.78, 5) is 4.07. The number of nitrogens with one attached hydrogen (secondary N) is 1. The zero-order chi connectivity index (χ0) is 14.5. The maximum absolute atomic E-state index is 5.63. The maximum Gasteiger partial charge on any atom is 0.126 e. The van der Waals surface area contributed by atoms with Gasteiger partial charge in [0, 0.05) is 24.0 Å². The van der Waals surface area contributed by atoms with Gasteiger partial charge in [0.25, 0.3) is 0 Å². The first-order valence-corrected chi connectivity index (χ1v) is 6.87. The van der Waals surface area contributed by atoms with Crippen LogP contribution in [0.5, 0.6) is 5.75 Å². The van der Waals surface area contributed by atoms with E-state index in [4.69, 9.17) is 4.74 Å². The van der Waals surface area contributed by atoms with Gasteiger partial charge in [-0.3, -0.25) is 4.98 Å². The van der Waals surface area contributed by atoms with Gasteiger partial charge in [-0.2, -0.15) is 0 Å². The molecular weight excluding hydrogens is 248 g/mol. The van der Waals surface area contributed by atoms with Gasteiger partial charge in [0.15, 0.2) is 0 Å². The molecule has 0 bridgehead atoms. The molecule has 106 valence electrons. The second kappa shape index (κ2) is 6.53. The van der Waals surface area contributed by atoms with Crippen molar-refractivity contribution in [3.63, 3.8) is 0 Å². The van der Waals surface area contributed by atoms with E-state index in [0.29, 0.717) is 0 Å². The van der Waals surface area contributed by atoms with Crippen molar-refractivity contribution in [2.75, 3.05) is 14.2 Å². The Morgan fingerprint density at radius 2 is 1.85 bits per heavy atom. The van der Waals surface area contributed by atoms with Crippen molar-refractivity contribution in [3.8, 4) is 5.75 Å². The summed E-state index contributed by atoms with van der Waals surface area (Å²) < 4.78 is 5.63. The van der Waals surface area contributed by atoms with Crippen molar-refractivity contribution in [3.05, 3.63) is 58.9 Å². The van der Waals surface area contributed by atoms with Gasteiger partial charge in [0.1, 0.15) is 5.75 Å². The molecule has 0 amide bonds. The average molecular weight is 270 g/mol. The van der Waals surface area contributed by atoms with Gasteiger partial charge in [-0.25, -0.2) is 0 Å². The summed E-state index contributed by atoms with van der Waals surface area (Å²) in [5.41, 5.74) is 4.93. The molecule has 3 heteroatoms. The smallest absolute Gasteiger partial charge is 0.126 e. The zero-order valence-electron chi connectivity index (χ0n) is 12.6. The van der Waals surface area contributed by atoms with Gasteiger partial charge < -0.3 is 10.1 Å². The first kappa shape index (κ1) is 14.5. The van der Waals surface area contributed by atoms with Crippen LogP contribution in [0.1, 0.15) is 28.3 Å². The third kappa shape index (κ3) is 2.99. The number of nitrogens with zero attached hydrogens (tertiary/aromatic N) is 1. The number of benzene rings is 1. The Labute approximate surface area is 121 Å². The fourth-order valence-electron chi connectivity index (χ4n) is 2.48. The van der Waals surface area contributed by atoms with Gasteiger partial charge >= 0.3 is 0 Å². The minimum absolute atomic E-state index is 0.228. The molecule has 20 heavy (non-hydrogen) atoms. The molecule has 0 aliphatic carbocycles. The molecular formula is C17H22N2O. The molecule has 1 heterocycles. The summed E-state index contributed by atoms with van der Waals surface area (Å²) in [6.45, 7) is 4.22. The molecule has 0 aliphatic heterocycles. The Balaban J connectivity index is 2.35. The predicted octanol–water partition coefficient (Wildman–Crippen LogP) is 3.21. The lowest BCUT2D eigenvalue weighted by molar-refractivity contribution is 0.397. The summed E-state index contributed by atoms with van der Waals surface area (Å²) in [7, 11) is 3.73. The SMILES string of the molecule is CNC(Cc1ccncc1)c1ccc(C)c(C)c1OC. The van der Waals surface area contributed by atoms with Crippen molar-refractivity contribution in [2.45, 2.75) is 26.3 Å². The molecule has 2 rings (SSSR count). The van der Waals surface area contributed by atoms with E-state index in [1.165, 1.54) is 22.3 Å². The Kier molecular flexibility index (Phi) is 4.74. The number of hydrogen-bond donors (Lipinski definition) is 1. The van der Waals surface area contributed by atoms with Crippen LogP contribution in [0, 0.1) is 13.8 Å². The van der Waals surface area contributed by atoms with Crippen LogP contribution in [-0.2, 0) is 6.42 Å². The second-order valence-electron chi connectivity index (χ2n) is 5.03. The van der Waals surface area contributed by atoms with E-state index in [1.807, 2.05) is 19.4 Å². The van der Waals surface area contributed by atoms with Gasteiger partial charge in [-0.15, -0.1) is 0 Å². The number of hydrogen-bond acceptors (Lipinski definition) is 3. The van der Waals surface area contributed by atoms with Crippen LogP contribution in [0.4, 0.5) is 0 Å². The lowest BCUT2D eigenvalue weighted by atomic mass is 9.95. The average Bonchev–Trinajstić information content (AvgIpc) is 2.48. The summed E-state index contributed by atoms with van der Waals surface area (Å²) in [6.07, 6.45) is 4.58. The van der Waals surface area contributed by atoms with Crippen molar-refractivity contribution in [2.24, 2.45) is 0 Å². The second-order valence-corrected chi connectivity index (χ2v) is 5.03. The third-order valence-electron chi connectivity index (χ3n) is 3.82. The van der Waals surface area contributed by atoms with E-state index >= 15 is 0 Å². The standard InChI is InChI=1S/C17H22N2O/c1-12-5-6-15(17(20-4)13(12)2)16(18-3)11-14-7-9-19-10-8-14/h5-10,16,18H,11H2,1-4H3. The Hall–Kier alpha value is -1.87. The molecule has 2 aromatic rings. The Bertz CT molecular complexity index is 567. The molecule has 0 aliphatic rings. The lowest BCUT2D eigenvalue weighted by Gasteiger charge is -2.21. The number of rotatable bonds is 5. The monoisotopic (exact) mass is 270 g/mol. The fraction of sp³-hybridized carbons (Fsp3) is 0.353. The van der Waals surface area contributed by atoms with Crippen molar-refractivity contribution in [1.82, 2.24) is 10.3 Å². The van der Waals surface area contributed by atoms with E-state index in [9.17, 15) is 0 Å².